The van der Waals surface area contributed by atoms with Gasteiger partial charge in [0, 0.05) is 13.1 Å². The number of benzene rings is 2. The highest BCUT2D eigenvalue weighted by Gasteiger charge is 2.04. The van der Waals surface area contributed by atoms with E-state index in [1.807, 2.05) is 55.5 Å². The van der Waals surface area contributed by atoms with Crippen LogP contribution in [0.2, 0.25) is 0 Å². The summed E-state index contributed by atoms with van der Waals surface area (Å²) in [5, 5.41) is 9.07. The smallest absolute Gasteiger partial charge is 0.239 e. The Balaban J connectivity index is 0.00000420. The number of ether oxygens (including phenoxy) is 2. The van der Waals surface area contributed by atoms with Crippen molar-refractivity contribution in [3.8, 4) is 11.5 Å². The molecule has 0 aliphatic heterocycles. The minimum absolute atomic E-state index is 0. The summed E-state index contributed by atoms with van der Waals surface area (Å²) in [5.41, 5.74) is 2.04. The maximum absolute atomic E-state index is 12.1. The van der Waals surface area contributed by atoms with Crippen LogP contribution < -0.4 is 25.4 Å². The van der Waals surface area contributed by atoms with Gasteiger partial charge in [0.1, 0.15) is 11.5 Å². The van der Waals surface area contributed by atoms with Gasteiger partial charge in [-0.2, -0.15) is 0 Å². The minimum Gasteiger partial charge on any atom is -0.497 e. The molecule has 1 amide bonds. The third-order valence-electron chi connectivity index (χ3n) is 3.96. The largest absolute Gasteiger partial charge is 0.497 e. The molecule has 0 fully saturated rings. The third-order valence-corrected chi connectivity index (χ3v) is 3.96. The molecule has 0 unspecified atom stereocenters. The number of methoxy groups -OCH3 is 2. The van der Waals surface area contributed by atoms with Gasteiger partial charge in [0.25, 0.3) is 0 Å². The first kappa shape index (κ1) is 24.5. The molecule has 0 heterocycles. The molecule has 2 aromatic carbocycles. The van der Waals surface area contributed by atoms with Crippen molar-refractivity contribution in [1.29, 1.82) is 0 Å². The topological polar surface area (TPSA) is 84.0 Å². The van der Waals surface area contributed by atoms with Gasteiger partial charge < -0.3 is 25.4 Å². The number of hydrogen-bond donors (Lipinski definition) is 3. The predicted molar refractivity (Wildman–Crippen MR) is 126 cm³/mol. The maximum Gasteiger partial charge on any atom is 0.239 e. The lowest BCUT2D eigenvalue weighted by atomic mass is 10.2. The van der Waals surface area contributed by atoms with Crippen LogP contribution in [0.4, 0.5) is 0 Å². The molecule has 0 aliphatic rings. The average molecular weight is 512 g/mol. The van der Waals surface area contributed by atoms with E-state index in [9.17, 15) is 4.79 Å². The zero-order valence-electron chi connectivity index (χ0n) is 17.0. The summed E-state index contributed by atoms with van der Waals surface area (Å²) in [6, 6.07) is 15.3. The molecule has 29 heavy (non-hydrogen) atoms. The molecule has 3 N–H and O–H groups in total. The van der Waals surface area contributed by atoms with Crippen molar-refractivity contribution in [2.24, 2.45) is 4.99 Å². The Morgan fingerprint density at radius 2 is 1.66 bits per heavy atom. The van der Waals surface area contributed by atoms with Crippen LogP contribution in [-0.2, 0) is 17.9 Å². The molecule has 8 heteroatoms. The van der Waals surface area contributed by atoms with Crippen molar-refractivity contribution in [3.05, 3.63) is 59.7 Å². The Hall–Kier alpha value is -2.49. The number of amides is 1. The Labute approximate surface area is 189 Å². The zero-order valence-corrected chi connectivity index (χ0v) is 19.4. The summed E-state index contributed by atoms with van der Waals surface area (Å²) in [7, 11) is 3.26. The first-order valence-electron chi connectivity index (χ1n) is 9.19. The first-order valence-corrected chi connectivity index (χ1v) is 9.19. The predicted octanol–water partition coefficient (Wildman–Crippen LogP) is 2.69. The van der Waals surface area contributed by atoms with Gasteiger partial charge in [-0.15, -0.1) is 24.0 Å². The fourth-order valence-corrected chi connectivity index (χ4v) is 2.45. The molecule has 0 aromatic heterocycles. The monoisotopic (exact) mass is 512 g/mol. The van der Waals surface area contributed by atoms with Crippen molar-refractivity contribution in [2.75, 3.05) is 27.3 Å². The number of guanidine groups is 1. The number of hydrogen-bond acceptors (Lipinski definition) is 4. The summed E-state index contributed by atoms with van der Waals surface area (Å²) in [6.45, 7) is 3.77. The lowest BCUT2D eigenvalue weighted by molar-refractivity contribution is -0.120. The van der Waals surface area contributed by atoms with Gasteiger partial charge in [0.05, 0.1) is 27.3 Å². The van der Waals surface area contributed by atoms with E-state index < -0.39 is 0 Å². The fourth-order valence-electron chi connectivity index (χ4n) is 2.45. The molecule has 0 aliphatic carbocycles. The highest BCUT2D eigenvalue weighted by molar-refractivity contribution is 14.0. The van der Waals surface area contributed by atoms with E-state index in [0.717, 1.165) is 22.6 Å². The van der Waals surface area contributed by atoms with Crippen LogP contribution >= 0.6 is 24.0 Å². The van der Waals surface area contributed by atoms with E-state index in [4.69, 9.17) is 9.47 Å². The van der Waals surface area contributed by atoms with Gasteiger partial charge in [-0.05, 0) is 42.3 Å². The zero-order chi connectivity index (χ0) is 20.2. The van der Waals surface area contributed by atoms with Crippen LogP contribution in [0.3, 0.4) is 0 Å². The highest BCUT2D eigenvalue weighted by atomic mass is 127. The van der Waals surface area contributed by atoms with E-state index in [2.05, 4.69) is 20.9 Å². The molecule has 158 valence electrons. The van der Waals surface area contributed by atoms with Crippen molar-refractivity contribution in [2.45, 2.75) is 20.0 Å². The number of aliphatic imine (C=N–C) groups is 1. The lowest BCUT2D eigenvalue weighted by Gasteiger charge is -2.12. The van der Waals surface area contributed by atoms with Gasteiger partial charge >= 0.3 is 0 Å². The number of nitrogens with zero attached hydrogens (tertiary/aromatic N) is 1. The van der Waals surface area contributed by atoms with Crippen molar-refractivity contribution in [1.82, 2.24) is 16.0 Å². The van der Waals surface area contributed by atoms with Crippen LogP contribution in [0.25, 0.3) is 0 Å². The summed E-state index contributed by atoms with van der Waals surface area (Å²) >= 11 is 0. The molecule has 0 radical (unpaired) electrons. The number of nitrogens with one attached hydrogen (secondary N) is 3. The fraction of sp³-hybridized carbons (Fsp3) is 0.333. The quantitative estimate of drug-likeness (QED) is 0.274. The van der Waals surface area contributed by atoms with E-state index in [1.165, 1.54) is 0 Å². The molecule has 0 saturated heterocycles. The van der Waals surface area contributed by atoms with Gasteiger partial charge in [-0.3, -0.25) is 4.79 Å². The molecular weight excluding hydrogens is 483 g/mol. The Kier molecular flexibility index (Phi) is 11.6. The van der Waals surface area contributed by atoms with Gasteiger partial charge in [-0.1, -0.05) is 24.3 Å². The third kappa shape index (κ3) is 9.03. The van der Waals surface area contributed by atoms with Crippen LogP contribution in [0, 0.1) is 0 Å². The molecular formula is C21H29IN4O3. The number of halogens is 1. The van der Waals surface area contributed by atoms with Crippen molar-refractivity contribution >= 4 is 35.8 Å². The lowest BCUT2D eigenvalue weighted by Crippen LogP contribution is -2.43. The maximum atomic E-state index is 12.1. The second-order valence-corrected chi connectivity index (χ2v) is 6.03. The second kappa shape index (κ2) is 13.6. The summed E-state index contributed by atoms with van der Waals surface area (Å²) < 4.78 is 10.4. The normalized spacial score (nSPS) is 10.5. The van der Waals surface area contributed by atoms with E-state index in [0.29, 0.717) is 25.6 Å². The summed E-state index contributed by atoms with van der Waals surface area (Å²) in [6.07, 6.45) is 0. The van der Waals surface area contributed by atoms with Gasteiger partial charge in [0.2, 0.25) is 5.91 Å². The molecule has 0 saturated carbocycles. The summed E-state index contributed by atoms with van der Waals surface area (Å²) in [4.78, 5) is 16.6. The first-order chi connectivity index (χ1) is 13.6. The van der Waals surface area contributed by atoms with Gasteiger partial charge in [-0.25, -0.2) is 4.99 Å². The number of rotatable bonds is 9. The minimum atomic E-state index is -0.109. The van der Waals surface area contributed by atoms with Crippen molar-refractivity contribution in [3.63, 3.8) is 0 Å². The van der Waals surface area contributed by atoms with E-state index in [1.54, 1.807) is 14.2 Å². The molecule has 0 atom stereocenters. The number of carbonyl (C=O) groups excluding carboxylic acids is 1. The highest BCUT2D eigenvalue weighted by Crippen LogP contribution is 2.13. The molecule has 0 bridgehead atoms. The van der Waals surface area contributed by atoms with Crippen molar-refractivity contribution < 1.29 is 14.3 Å². The van der Waals surface area contributed by atoms with Crippen LogP contribution in [0.1, 0.15) is 18.1 Å². The second-order valence-electron chi connectivity index (χ2n) is 6.03. The summed E-state index contributed by atoms with van der Waals surface area (Å²) in [5.74, 6) is 2.07. The van der Waals surface area contributed by atoms with Crippen LogP contribution in [0.15, 0.2) is 53.5 Å². The Bertz CT molecular complexity index is 782. The van der Waals surface area contributed by atoms with Crippen LogP contribution in [-0.4, -0.2) is 39.2 Å². The molecule has 2 rings (SSSR count). The Morgan fingerprint density at radius 1 is 0.931 bits per heavy atom. The standard InChI is InChI=1S/C21H28N4O3.HI/c1-4-22-21(24-14-17-6-5-7-19(12-17)28-3)25-15-20(26)23-13-16-8-10-18(27-2)11-9-16;/h5-12H,4,13-15H2,1-3H3,(H,23,26)(H2,22,24,25);1H. The van der Waals surface area contributed by atoms with Crippen LogP contribution in [0.5, 0.6) is 11.5 Å². The molecule has 7 nitrogen and oxygen atoms in total. The molecule has 0 spiro atoms. The van der Waals surface area contributed by atoms with E-state index >= 15 is 0 Å². The average Bonchev–Trinajstić information content (AvgIpc) is 2.74. The number of carbonyl (C=O) groups is 1. The molecule has 2 aromatic rings. The van der Waals surface area contributed by atoms with E-state index in [-0.39, 0.29) is 36.4 Å². The Morgan fingerprint density at radius 3 is 2.31 bits per heavy atom. The SMILES string of the molecule is CCNC(=NCc1cccc(OC)c1)NCC(=O)NCc1ccc(OC)cc1.I. The van der Waals surface area contributed by atoms with Gasteiger partial charge in [0.15, 0.2) is 5.96 Å².